The van der Waals surface area contributed by atoms with Crippen LogP contribution in [0.15, 0.2) is 23.1 Å². The van der Waals surface area contributed by atoms with E-state index < -0.39 is 22.5 Å². The average molecular weight is 369 g/mol. The summed E-state index contributed by atoms with van der Waals surface area (Å²) in [7, 11) is 0. The first-order valence-electron chi connectivity index (χ1n) is 7.43. The van der Waals surface area contributed by atoms with Crippen LogP contribution in [0.4, 0.5) is 13.2 Å². The summed E-state index contributed by atoms with van der Waals surface area (Å²) in [6.07, 6.45) is -3.22. The molecule has 1 N–H and O–H groups in total. The van der Waals surface area contributed by atoms with Crippen LogP contribution in [-0.4, -0.2) is 20.5 Å². The van der Waals surface area contributed by atoms with E-state index >= 15 is 0 Å². The number of H-pyrrole nitrogens is 1. The maximum Gasteiger partial charge on any atom is 0.443 e. The molecule has 9 heteroatoms. The normalized spacial score (nSPS) is 12.3. The number of hydrogen-bond acceptors (Lipinski definition) is 4. The highest BCUT2D eigenvalue weighted by Crippen LogP contribution is 2.37. The first-order chi connectivity index (χ1) is 11.6. The van der Waals surface area contributed by atoms with E-state index in [1.807, 2.05) is 0 Å². The smallest absolute Gasteiger partial charge is 0.302 e. The lowest BCUT2D eigenvalue weighted by Crippen LogP contribution is -2.23. The van der Waals surface area contributed by atoms with E-state index in [2.05, 4.69) is 10.1 Å². The van der Waals surface area contributed by atoms with Gasteiger partial charge in [-0.1, -0.05) is 0 Å². The standard InChI is InChI=1S/C16H14F3N3O2S/c1-7(2)22-14(24)10(6-20-22)13(23)9-4-5-11-12(8(9)3)21-15(25-11)16(17,18)19/h4-7,20H,1-3H3. The molecule has 0 radical (unpaired) electrons. The molecule has 0 aliphatic carbocycles. The number of ketones is 1. The molecule has 0 aliphatic rings. The molecule has 0 saturated heterocycles. The number of fused-ring (bicyclic) bond motifs is 1. The van der Waals surface area contributed by atoms with Crippen molar-refractivity contribution >= 4 is 27.3 Å². The molecule has 2 heterocycles. The van der Waals surface area contributed by atoms with Crippen molar-refractivity contribution in [2.45, 2.75) is 33.0 Å². The second-order valence-electron chi connectivity index (χ2n) is 5.89. The zero-order valence-electron chi connectivity index (χ0n) is 13.6. The van der Waals surface area contributed by atoms with E-state index in [1.165, 1.54) is 29.9 Å². The lowest BCUT2D eigenvalue weighted by atomic mass is 10.0. The Kier molecular flexibility index (Phi) is 4.06. The third-order valence-corrected chi connectivity index (χ3v) is 4.92. The third kappa shape index (κ3) is 2.88. The maximum atomic E-state index is 12.8. The fourth-order valence-corrected chi connectivity index (χ4v) is 3.46. The van der Waals surface area contributed by atoms with Crippen LogP contribution in [0.5, 0.6) is 0 Å². The number of carbonyl (C=O) groups is 1. The van der Waals surface area contributed by atoms with Crippen molar-refractivity contribution in [3.8, 4) is 0 Å². The Bertz CT molecular complexity index is 1030. The number of nitrogens with zero attached hydrogens (tertiary/aromatic N) is 2. The van der Waals surface area contributed by atoms with Gasteiger partial charge in [-0.15, -0.1) is 11.3 Å². The van der Waals surface area contributed by atoms with Crippen molar-refractivity contribution in [3.05, 3.63) is 50.4 Å². The highest BCUT2D eigenvalue weighted by Gasteiger charge is 2.35. The van der Waals surface area contributed by atoms with Crippen LogP contribution in [0.1, 0.15) is 46.4 Å². The predicted octanol–water partition coefficient (Wildman–Crippen LogP) is 3.93. The number of alkyl halides is 3. The van der Waals surface area contributed by atoms with Gasteiger partial charge >= 0.3 is 6.18 Å². The zero-order chi connectivity index (χ0) is 18.5. The van der Waals surface area contributed by atoms with E-state index in [9.17, 15) is 22.8 Å². The first-order valence-corrected chi connectivity index (χ1v) is 8.25. The molecule has 0 spiro atoms. The fraction of sp³-hybridized carbons (Fsp3) is 0.312. The second-order valence-corrected chi connectivity index (χ2v) is 6.92. The van der Waals surface area contributed by atoms with Crippen molar-refractivity contribution in [3.63, 3.8) is 0 Å². The van der Waals surface area contributed by atoms with Gasteiger partial charge in [-0.05, 0) is 38.5 Å². The highest BCUT2D eigenvalue weighted by atomic mass is 32.1. The summed E-state index contributed by atoms with van der Waals surface area (Å²) in [5.74, 6) is -0.540. The van der Waals surface area contributed by atoms with Gasteiger partial charge in [0.1, 0.15) is 5.56 Å². The molecular formula is C16H14F3N3O2S. The molecule has 0 saturated carbocycles. The molecule has 25 heavy (non-hydrogen) atoms. The largest absolute Gasteiger partial charge is 0.443 e. The van der Waals surface area contributed by atoms with Crippen LogP contribution < -0.4 is 5.56 Å². The van der Waals surface area contributed by atoms with Gasteiger partial charge in [0, 0.05) is 17.8 Å². The molecule has 5 nitrogen and oxygen atoms in total. The van der Waals surface area contributed by atoms with Crippen molar-refractivity contribution in [2.75, 3.05) is 0 Å². The summed E-state index contributed by atoms with van der Waals surface area (Å²) in [4.78, 5) is 28.6. The fourth-order valence-electron chi connectivity index (χ4n) is 2.57. The van der Waals surface area contributed by atoms with E-state index in [4.69, 9.17) is 0 Å². The molecule has 0 amide bonds. The Morgan fingerprint density at radius 1 is 1.28 bits per heavy atom. The first kappa shape index (κ1) is 17.4. The van der Waals surface area contributed by atoms with Gasteiger partial charge in [0.25, 0.3) is 5.56 Å². The Hall–Kier alpha value is -2.42. The Morgan fingerprint density at radius 3 is 2.52 bits per heavy atom. The molecule has 0 fully saturated rings. The zero-order valence-corrected chi connectivity index (χ0v) is 14.4. The molecule has 0 atom stereocenters. The van der Waals surface area contributed by atoms with Crippen LogP contribution >= 0.6 is 11.3 Å². The topological polar surface area (TPSA) is 67.8 Å². The highest BCUT2D eigenvalue weighted by molar-refractivity contribution is 7.18. The van der Waals surface area contributed by atoms with Gasteiger partial charge in [-0.25, -0.2) is 4.98 Å². The van der Waals surface area contributed by atoms with Gasteiger partial charge in [-0.3, -0.25) is 14.3 Å². The average Bonchev–Trinajstić information content (AvgIpc) is 3.10. The predicted molar refractivity (Wildman–Crippen MR) is 88.2 cm³/mol. The summed E-state index contributed by atoms with van der Waals surface area (Å²) in [5, 5.41) is 1.77. The van der Waals surface area contributed by atoms with Crippen LogP contribution in [0.3, 0.4) is 0 Å². The van der Waals surface area contributed by atoms with E-state index in [0.29, 0.717) is 21.6 Å². The minimum Gasteiger partial charge on any atom is -0.302 e. The van der Waals surface area contributed by atoms with Gasteiger partial charge in [-0.2, -0.15) is 13.2 Å². The molecule has 2 aromatic heterocycles. The van der Waals surface area contributed by atoms with Crippen LogP contribution in [0.2, 0.25) is 0 Å². The number of rotatable bonds is 3. The second kappa shape index (κ2) is 5.83. The number of thiazole rings is 1. The minimum absolute atomic E-state index is 0.0533. The Labute approximate surface area is 144 Å². The van der Waals surface area contributed by atoms with Gasteiger partial charge < -0.3 is 5.10 Å². The monoisotopic (exact) mass is 369 g/mol. The number of aromatic amines is 1. The molecule has 0 unspecified atom stereocenters. The Balaban J connectivity index is 2.11. The molecule has 0 bridgehead atoms. The summed E-state index contributed by atoms with van der Waals surface area (Å²) >= 11 is 0.526. The lowest BCUT2D eigenvalue weighted by molar-refractivity contribution is -0.137. The van der Waals surface area contributed by atoms with Crippen molar-refractivity contribution < 1.29 is 18.0 Å². The van der Waals surface area contributed by atoms with Crippen molar-refractivity contribution in [2.24, 2.45) is 0 Å². The van der Waals surface area contributed by atoms with E-state index in [1.54, 1.807) is 13.8 Å². The molecule has 3 aromatic rings. The number of aryl methyl sites for hydroxylation is 1. The number of aromatic nitrogens is 3. The SMILES string of the molecule is Cc1c(C(=O)c2c[nH]n(C(C)C)c2=O)ccc2sc(C(F)(F)F)nc12. The van der Waals surface area contributed by atoms with Gasteiger partial charge in [0.15, 0.2) is 5.01 Å². The van der Waals surface area contributed by atoms with E-state index in [0.717, 1.165) is 0 Å². The maximum absolute atomic E-state index is 12.8. The number of carbonyl (C=O) groups excluding carboxylic acids is 1. The summed E-state index contributed by atoms with van der Waals surface area (Å²) in [5.41, 5.74) is 0.101. The third-order valence-electron chi connectivity index (χ3n) is 3.86. The van der Waals surface area contributed by atoms with Crippen molar-refractivity contribution in [1.29, 1.82) is 0 Å². The summed E-state index contributed by atoms with van der Waals surface area (Å²) < 4.78 is 40.2. The molecule has 3 rings (SSSR count). The van der Waals surface area contributed by atoms with Crippen LogP contribution in [0, 0.1) is 6.92 Å². The van der Waals surface area contributed by atoms with Crippen LogP contribution in [-0.2, 0) is 6.18 Å². The number of hydrogen-bond donors (Lipinski definition) is 1. The quantitative estimate of drug-likeness (QED) is 0.712. The van der Waals surface area contributed by atoms with Crippen molar-refractivity contribution in [1.82, 2.24) is 14.8 Å². The Morgan fingerprint density at radius 2 is 1.96 bits per heavy atom. The minimum atomic E-state index is -4.54. The number of nitrogens with one attached hydrogen (secondary N) is 1. The molecule has 0 aliphatic heterocycles. The number of halogens is 3. The molecular weight excluding hydrogens is 355 g/mol. The molecule has 1 aromatic carbocycles. The molecule has 132 valence electrons. The van der Waals surface area contributed by atoms with Gasteiger partial charge in [0.05, 0.1) is 10.2 Å². The summed E-state index contributed by atoms with van der Waals surface area (Å²) in [6.45, 7) is 5.11. The lowest BCUT2D eigenvalue weighted by Gasteiger charge is -2.05. The van der Waals surface area contributed by atoms with E-state index in [-0.39, 0.29) is 22.7 Å². The van der Waals surface area contributed by atoms with Gasteiger partial charge in [0.2, 0.25) is 5.78 Å². The van der Waals surface area contributed by atoms with Crippen LogP contribution in [0.25, 0.3) is 10.2 Å². The summed E-state index contributed by atoms with van der Waals surface area (Å²) in [6, 6.07) is 2.71. The number of benzene rings is 1.